The van der Waals surface area contributed by atoms with Crippen molar-refractivity contribution in [3.05, 3.63) is 11.7 Å². The van der Waals surface area contributed by atoms with Crippen molar-refractivity contribution in [1.29, 1.82) is 0 Å². The Bertz CT molecular complexity index is 468. The van der Waals surface area contributed by atoms with Gasteiger partial charge < -0.3 is 20.3 Å². The van der Waals surface area contributed by atoms with Crippen LogP contribution >= 0.6 is 0 Å². The van der Waals surface area contributed by atoms with Gasteiger partial charge in [0, 0.05) is 6.04 Å². The number of hydrogen-bond donors (Lipinski definition) is 2. The number of aromatic nitrogens is 2. The highest BCUT2D eigenvalue weighted by Gasteiger charge is 2.30. The summed E-state index contributed by atoms with van der Waals surface area (Å²) in [5, 5.41) is 6.93. The number of nitrogens with zero attached hydrogens (tertiary/aromatic N) is 3. The van der Waals surface area contributed by atoms with Gasteiger partial charge in [-0.3, -0.25) is 4.99 Å². The van der Waals surface area contributed by atoms with Crippen LogP contribution in [-0.4, -0.2) is 34.8 Å². The molecule has 1 saturated heterocycles. The summed E-state index contributed by atoms with van der Waals surface area (Å²) in [4.78, 5) is 8.51. The first kappa shape index (κ1) is 12.4. The standard InChI is InChI=1S/C12H19N5O2/c1-7-15-11(19-17-7)10-5-4-9(18-10)6-14-12(13)16-8-2-3-8/h8-10H,2-6H2,1H3,(H3,13,14,16)/t9-,10+/m1/s1. The second kappa shape index (κ2) is 5.16. The topological polar surface area (TPSA) is 98.6 Å². The van der Waals surface area contributed by atoms with E-state index in [1.165, 1.54) is 12.8 Å². The van der Waals surface area contributed by atoms with Crippen LogP contribution in [0.4, 0.5) is 0 Å². The average molecular weight is 265 g/mol. The summed E-state index contributed by atoms with van der Waals surface area (Å²) in [5.74, 6) is 1.72. The van der Waals surface area contributed by atoms with Crippen LogP contribution in [0.1, 0.15) is 43.5 Å². The highest BCUT2D eigenvalue weighted by molar-refractivity contribution is 5.78. The molecule has 2 fully saturated rings. The molecule has 0 amide bonds. The molecule has 2 aliphatic rings. The molecule has 0 unspecified atom stereocenters. The zero-order valence-electron chi connectivity index (χ0n) is 11.0. The van der Waals surface area contributed by atoms with E-state index in [9.17, 15) is 0 Å². The summed E-state index contributed by atoms with van der Waals surface area (Å²) >= 11 is 0. The van der Waals surface area contributed by atoms with E-state index in [0.29, 0.717) is 30.3 Å². The van der Waals surface area contributed by atoms with Crippen LogP contribution in [0.2, 0.25) is 0 Å². The molecule has 1 saturated carbocycles. The second-order valence-electron chi connectivity index (χ2n) is 5.15. The van der Waals surface area contributed by atoms with Gasteiger partial charge in [0.05, 0.1) is 12.6 Å². The van der Waals surface area contributed by atoms with Crippen molar-refractivity contribution in [1.82, 2.24) is 15.5 Å². The van der Waals surface area contributed by atoms with Gasteiger partial charge in [0.2, 0.25) is 0 Å². The van der Waals surface area contributed by atoms with Crippen molar-refractivity contribution in [3.63, 3.8) is 0 Å². The number of hydrogen-bond acceptors (Lipinski definition) is 5. The van der Waals surface area contributed by atoms with Gasteiger partial charge in [-0.05, 0) is 32.6 Å². The predicted octanol–water partition coefficient (Wildman–Crippen LogP) is 0.665. The number of aryl methyl sites for hydroxylation is 1. The molecule has 7 heteroatoms. The van der Waals surface area contributed by atoms with E-state index >= 15 is 0 Å². The van der Waals surface area contributed by atoms with E-state index in [1.54, 1.807) is 6.92 Å². The molecule has 7 nitrogen and oxygen atoms in total. The van der Waals surface area contributed by atoms with Gasteiger partial charge >= 0.3 is 0 Å². The molecule has 3 N–H and O–H groups in total. The molecule has 1 aliphatic carbocycles. The number of aliphatic imine (C=N–C) groups is 1. The molecule has 104 valence electrons. The van der Waals surface area contributed by atoms with Gasteiger partial charge in [-0.15, -0.1) is 0 Å². The lowest BCUT2D eigenvalue weighted by Gasteiger charge is -2.09. The van der Waals surface area contributed by atoms with Crippen LogP contribution in [0.3, 0.4) is 0 Å². The van der Waals surface area contributed by atoms with Crippen LogP contribution in [-0.2, 0) is 4.74 Å². The molecule has 2 atom stereocenters. The average Bonchev–Trinajstić information content (AvgIpc) is 2.91. The van der Waals surface area contributed by atoms with Gasteiger partial charge in [0.25, 0.3) is 5.89 Å². The minimum atomic E-state index is -0.0981. The Balaban J connectivity index is 1.48. The summed E-state index contributed by atoms with van der Waals surface area (Å²) in [6.45, 7) is 2.38. The van der Waals surface area contributed by atoms with E-state index in [-0.39, 0.29) is 12.2 Å². The molecule has 0 radical (unpaired) electrons. The molecule has 1 aromatic heterocycles. The molecule has 0 bridgehead atoms. The fourth-order valence-electron chi connectivity index (χ4n) is 2.15. The third-order valence-electron chi connectivity index (χ3n) is 3.32. The largest absolute Gasteiger partial charge is 0.370 e. The Morgan fingerprint density at radius 2 is 2.26 bits per heavy atom. The van der Waals surface area contributed by atoms with Crippen molar-refractivity contribution >= 4 is 5.96 Å². The highest BCUT2D eigenvalue weighted by atomic mass is 16.5. The maximum absolute atomic E-state index is 5.85. The lowest BCUT2D eigenvalue weighted by atomic mass is 10.2. The van der Waals surface area contributed by atoms with Gasteiger partial charge in [0.1, 0.15) is 6.10 Å². The molecule has 0 spiro atoms. The van der Waals surface area contributed by atoms with Crippen molar-refractivity contribution < 1.29 is 9.26 Å². The summed E-state index contributed by atoms with van der Waals surface area (Å²) in [6, 6.07) is 0.530. The summed E-state index contributed by atoms with van der Waals surface area (Å²) in [7, 11) is 0. The molecule has 19 heavy (non-hydrogen) atoms. The lowest BCUT2D eigenvalue weighted by Crippen LogP contribution is -2.34. The Labute approximate surface area is 111 Å². The minimum Gasteiger partial charge on any atom is -0.370 e. The van der Waals surface area contributed by atoms with Crippen LogP contribution < -0.4 is 11.1 Å². The molecule has 2 heterocycles. The Kier molecular flexibility index (Phi) is 3.37. The van der Waals surface area contributed by atoms with E-state index in [0.717, 1.165) is 12.8 Å². The molecule has 1 aliphatic heterocycles. The molecular formula is C12H19N5O2. The van der Waals surface area contributed by atoms with Gasteiger partial charge in [-0.1, -0.05) is 5.16 Å². The third-order valence-corrected chi connectivity index (χ3v) is 3.32. The van der Waals surface area contributed by atoms with E-state index in [4.69, 9.17) is 15.0 Å². The fourth-order valence-corrected chi connectivity index (χ4v) is 2.15. The minimum absolute atomic E-state index is 0.0803. The maximum Gasteiger partial charge on any atom is 0.255 e. The molecular weight excluding hydrogens is 246 g/mol. The lowest BCUT2D eigenvalue weighted by molar-refractivity contribution is 0.0309. The van der Waals surface area contributed by atoms with Crippen molar-refractivity contribution in [2.45, 2.75) is 50.9 Å². The first-order valence-corrected chi connectivity index (χ1v) is 6.73. The zero-order valence-corrected chi connectivity index (χ0v) is 11.0. The van der Waals surface area contributed by atoms with Gasteiger partial charge in [0.15, 0.2) is 11.8 Å². The first-order valence-electron chi connectivity index (χ1n) is 6.73. The van der Waals surface area contributed by atoms with E-state index in [1.807, 2.05) is 0 Å². The fraction of sp³-hybridized carbons (Fsp3) is 0.750. The van der Waals surface area contributed by atoms with E-state index < -0.39 is 0 Å². The summed E-state index contributed by atoms with van der Waals surface area (Å²) in [6.07, 6.45) is 4.18. The van der Waals surface area contributed by atoms with Gasteiger partial charge in [-0.25, -0.2) is 0 Å². The smallest absolute Gasteiger partial charge is 0.255 e. The van der Waals surface area contributed by atoms with Crippen molar-refractivity contribution in [2.24, 2.45) is 10.7 Å². The van der Waals surface area contributed by atoms with Crippen molar-refractivity contribution in [3.8, 4) is 0 Å². The van der Waals surface area contributed by atoms with Gasteiger partial charge in [-0.2, -0.15) is 4.98 Å². The first-order chi connectivity index (χ1) is 9.20. The Morgan fingerprint density at radius 1 is 1.42 bits per heavy atom. The molecule has 1 aromatic rings. The zero-order chi connectivity index (χ0) is 13.2. The number of ether oxygens (including phenoxy) is 1. The number of nitrogens with one attached hydrogen (secondary N) is 1. The number of guanidine groups is 1. The Morgan fingerprint density at radius 3 is 2.95 bits per heavy atom. The summed E-state index contributed by atoms with van der Waals surface area (Å²) < 4.78 is 11.0. The molecule has 3 rings (SSSR count). The normalized spacial score (nSPS) is 27.7. The molecule has 0 aromatic carbocycles. The van der Waals surface area contributed by atoms with Crippen LogP contribution in [0.25, 0.3) is 0 Å². The third kappa shape index (κ3) is 3.23. The SMILES string of the molecule is Cc1noc([C@@H]2CC[C@H](CN=C(N)NC3CC3)O2)n1. The van der Waals surface area contributed by atoms with E-state index in [2.05, 4.69) is 20.4 Å². The monoisotopic (exact) mass is 265 g/mol. The highest BCUT2D eigenvalue weighted by Crippen LogP contribution is 2.31. The van der Waals surface area contributed by atoms with Crippen molar-refractivity contribution in [2.75, 3.05) is 6.54 Å². The summed E-state index contributed by atoms with van der Waals surface area (Å²) in [5.41, 5.74) is 5.78. The van der Waals surface area contributed by atoms with Crippen LogP contribution in [0, 0.1) is 6.92 Å². The maximum atomic E-state index is 5.85. The number of rotatable bonds is 4. The quantitative estimate of drug-likeness (QED) is 0.613. The van der Waals surface area contributed by atoms with Crippen LogP contribution in [0.15, 0.2) is 9.52 Å². The second-order valence-corrected chi connectivity index (χ2v) is 5.15. The Hall–Kier alpha value is -1.63. The van der Waals surface area contributed by atoms with Crippen LogP contribution in [0.5, 0.6) is 0 Å². The number of nitrogens with two attached hydrogens (primary N) is 1. The predicted molar refractivity (Wildman–Crippen MR) is 68.5 cm³/mol.